The first-order valence-electron chi connectivity index (χ1n) is 6.26. The van der Waals surface area contributed by atoms with Gasteiger partial charge in [0.25, 0.3) is 5.91 Å². The molecule has 104 valence electrons. The van der Waals surface area contributed by atoms with Gasteiger partial charge in [-0.15, -0.1) is 0 Å². The zero-order chi connectivity index (χ0) is 14.5. The zero-order valence-corrected chi connectivity index (χ0v) is 10.9. The molecule has 1 atom stereocenters. The van der Waals surface area contributed by atoms with Crippen molar-refractivity contribution in [2.24, 2.45) is 11.7 Å². The molecule has 1 aromatic heterocycles. The highest BCUT2D eigenvalue weighted by molar-refractivity contribution is 5.93. The van der Waals surface area contributed by atoms with Crippen molar-refractivity contribution in [1.29, 1.82) is 0 Å². The summed E-state index contributed by atoms with van der Waals surface area (Å²) < 4.78 is 0. The van der Waals surface area contributed by atoms with Crippen molar-refractivity contribution >= 4 is 11.8 Å². The van der Waals surface area contributed by atoms with Gasteiger partial charge in [0, 0.05) is 24.8 Å². The maximum atomic E-state index is 12.2. The Kier molecular flexibility index (Phi) is 4.33. The van der Waals surface area contributed by atoms with Crippen molar-refractivity contribution in [2.75, 3.05) is 19.7 Å². The molecule has 2 amide bonds. The number of primary amides is 1. The maximum Gasteiger partial charge on any atom is 0.272 e. The monoisotopic (exact) mass is 273 g/mol. The molecule has 0 spiro atoms. The van der Waals surface area contributed by atoms with E-state index in [9.17, 15) is 9.59 Å². The van der Waals surface area contributed by atoms with Crippen LogP contribution in [0.25, 0.3) is 0 Å². The summed E-state index contributed by atoms with van der Waals surface area (Å²) in [6, 6.07) is 3.26. The molecular formula is C14H15N3O3. The lowest BCUT2D eigenvalue weighted by molar-refractivity contribution is -0.121. The van der Waals surface area contributed by atoms with Crippen molar-refractivity contribution in [2.45, 2.75) is 6.42 Å². The van der Waals surface area contributed by atoms with Crippen molar-refractivity contribution in [3.63, 3.8) is 0 Å². The van der Waals surface area contributed by atoms with Gasteiger partial charge in [-0.2, -0.15) is 0 Å². The zero-order valence-electron chi connectivity index (χ0n) is 10.9. The third kappa shape index (κ3) is 3.13. The smallest absolute Gasteiger partial charge is 0.272 e. The summed E-state index contributed by atoms with van der Waals surface area (Å²) in [6.07, 6.45) is 2.08. The number of aliphatic hydroxyl groups excluding tert-OH is 1. The quantitative estimate of drug-likeness (QED) is 0.701. The van der Waals surface area contributed by atoms with Crippen LogP contribution in [0.1, 0.15) is 22.5 Å². The summed E-state index contributed by atoms with van der Waals surface area (Å²) in [6.45, 7) is 0.644. The van der Waals surface area contributed by atoms with Crippen molar-refractivity contribution in [1.82, 2.24) is 9.88 Å². The van der Waals surface area contributed by atoms with Gasteiger partial charge in [0.1, 0.15) is 12.3 Å². The van der Waals surface area contributed by atoms with Gasteiger partial charge in [0.15, 0.2) is 0 Å². The SMILES string of the molecule is NC(=O)C1CCN(C(=O)c2ccc(C#CCO)cn2)C1. The fraction of sp³-hybridized carbons (Fsp3) is 0.357. The molecule has 20 heavy (non-hydrogen) atoms. The molecular weight excluding hydrogens is 258 g/mol. The van der Waals surface area contributed by atoms with E-state index in [1.165, 1.54) is 6.20 Å². The van der Waals surface area contributed by atoms with Crippen LogP contribution in [-0.4, -0.2) is 46.5 Å². The minimum Gasteiger partial charge on any atom is -0.384 e. The average molecular weight is 273 g/mol. The highest BCUT2D eigenvalue weighted by Gasteiger charge is 2.30. The topological polar surface area (TPSA) is 96.5 Å². The molecule has 6 nitrogen and oxygen atoms in total. The molecule has 0 saturated carbocycles. The van der Waals surface area contributed by atoms with Gasteiger partial charge in [-0.3, -0.25) is 9.59 Å². The number of pyridine rings is 1. The van der Waals surface area contributed by atoms with E-state index in [0.29, 0.717) is 30.8 Å². The summed E-state index contributed by atoms with van der Waals surface area (Å²) in [5.74, 6) is 4.35. The summed E-state index contributed by atoms with van der Waals surface area (Å²) in [5, 5.41) is 8.59. The lowest BCUT2D eigenvalue weighted by atomic mass is 10.1. The molecule has 3 N–H and O–H groups in total. The van der Waals surface area contributed by atoms with Gasteiger partial charge in [0.05, 0.1) is 5.92 Å². The van der Waals surface area contributed by atoms with Crippen LogP contribution in [0.4, 0.5) is 0 Å². The first kappa shape index (κ1) is 14.0. The number of nitrogens with two attached hydrogens (primary N) is 1. The Morgan fingerprint density at radius 2 is 2.30 bits per heavy atom. The first-order valence-corrected chi connectivity index (χ1v) is 6.26. The Morgan fingerprint density at radius 1 is 1.50 bits per heavy atom. The number of hydrogen-bond donors (Lipinski definition) is 2. The second-order valence-electron chi connectivity index (χ2n) is 4.53. The summed E-state index contributed by atoms with van der Waals surface area (Å²) in [4.78, 5) is 28.9. The predicted molar refractivity (Wildman–Crippen MR) is 71.4 cm³/mol. The number of likely N-dealkylation sites (tertiary alicyclic amines) is 1. The van der Waals surface area contributed by atoms with E-state index in [-0.39, 0.29) is 24.3 Å². The normalized spacial score (nSPS) is 17.4. The molecule has 1 aliphatic rings. The van der Waals surface area contributed by atoms with E-state index in [4.69, 9.17) is 10.8 Å². The molecule has 2 heterocycles. The molecule has 0 radical (unpaired) electrons. The van der Waals surface area contributed by atoms with E-state index in [1.807, 2.05) is 0 Å². The standard InChI is InChI=1S/C14H15N3O3/c15-13(19)11-5-6-17(9-11)14(20)12-4-3-10(8-16-12)2-1-7-18/h3-4,8,11,18H,5-7,9H2,(H2,15,19). The molecule has 2 rings (SSSR count). The van der Waals surface area contributed by atoms with Crippen LogP contribution in [0.3, 0.4) is 0 Å². The van der Waals surface area contributed by atoms with Crippen LogP contribution in [-0.2, 0) is 4.79 Å². The number of aromatic nitrogens is 1. The third-order valence-electron chi connectivity index (χ3n) is 3.17. The van der Waals surface area contributed by atoms with Crippen LogP contribution in [0.15, 0.2) is 18.3 Å². The van der Waals surface area contributed by atoms with Crippen LogP contribution < -0.4 is 5.73 Å². The molecule has 1 unspecified atom stereocenters. The lowest BCUT2D eigenvalue weighted by Gasteiger charge is -2.15. The first-order chi connectivity index (χ1) is 9.61. The summed E-state index contributed by atoms with van der Waals surface area (Å²) in [5.41, 5.74) is 6.18. The Morgan fingerprint density at radius 3 is 2.85 bits per heavy atom. The predicted octanol–water partition coefficient (Wildman–Crippen LogP) is -0.627. The van der Waals surface area contributed by atoms with E-state index in [2.05, 4.69) is 16.8 Å². The van der Waals surface area contributed by atoms with Gasteiger partial charge < -0.3 is 15.7 Å². The van der Waals surface area contributed by atoms with Gasteiger partial charge in [-0.05, 0) is 18.6 Å². The molecule has 1 saturated heterocycles. The van der Waals surface area contributed by atoms with Gasteiger partial charge >= 0.3 is 0 Å². The molecule has 6 heteroatoms. The lowest BCUT2D eigenvalue weighted by Crippen LogP contribution is -2.32. The van der Waals surface area contributed by atoms with Crippen LogP contribution in [0.2, 0.25) is 0 Å². The molecule has 1 aliphatic heterocycles. The fourth-order valence-electron chi connectivity index (χ4n) is 2.07. The Labute approximate surface area is 116 Å². The molecule has 0 aliphatic carbocycles. The molecule has 0 aromatic carbocycles. The van der Waals surface area contributed by atoms with E-state index >= 15 is 0 Å². The second kappa shape index (κ2) is 6.17. The minimum atomic E-state index is -0.372. The average Bonchev–Trinajstić information content (AvgIpc) is 2.95. The van der Waals surface area contributed by atoms with E-state index in [0.717, 1.165) is 0 Å². The number of nitrogens with zero attached hydrogens (tertiary/aromatic N) is 2. The minimum absolute atomic E-state index is 0.213. The molecule has 1 aromatic rings. The van der Waals surface area contributed by atoms with Gasteiger partial charge in [-0.25, -0.2) is 4.98 Å². The van der Waals surface area contributed by atoms with Gasteiger partial charge in [0.2, 0.25) is 5.91 Å². The van der Waals surface area contributed by atoms with Crippen LogP contribution in [0.5, 0.6) is 0 Å². The highest BCUT2D eigenvalue weighted by atomic mass is 16.2. The van der Waals surface area contributed by atoms with Crippen molar-refractivity contribution in [3.05, 3.63) is 29.6 Å². The number of hydrogen-bond acceptors (Lipinski definition) is 4. The number of rotatable bonds is 2. The van der Waals surface area contributed by atoms with E-state index in [1.54, 1.807) is 17.0 Å². The van der Waals surface area contributed by atoms with Crippen LogP contribution >= 0.6 is 0 Å². The Balaban J connectivity index is 2.05. The highest BCUT2D eigenvalue weighted by Crippen LogP contribution is 2.17. The number of carbonyl (C=O) groups excluding carboxylic acids is 2. The number of aliphatic hydroxyl groups is 1. The number of carbonyl (C=O) groups is 2. The van der Waals surface area contributed by atoms with Crippen molar-refractivity contribution in [3.8, 4) is 11.8 Å². The largest absolute Gasteiger partial charge is 0.384 e. The maximum absolute atomic E-state index is 12.2. The third-order valence-corrected chi connectivity index (χ3v) is 3.17. The van der Waals surface area contributed by atoms with Gasteiger partial charge in [-0.1, -0.05) is 11.8 Å². The molecule has 1 fully saturated rings. The Bertz CT molecular complexity index is 572. The van der Waals surface area contributed by atoms with Crippen molar-refractivity contribution < 1.29 is 14.7 Å². The van der Waals surface area contributed by atoms with Crippen LogP contribution in [0, 0.1) is 17.8 Å². The van der Waals surface area contributed by atoms with E-state index < -0.39 is 0 Å². The Hall–Kier alpha value is -2.39. The second-order valence-corrected chi connectivity index (χ2v) is 4.53. The summed E-state index contributed by atoms with van der Waals surface area (Å²) in [7, 11) is 0. The number of amides is 2. The summed E-state index contributed by atoms with van der Waals surface area (Å²) >= 11 is 0. The fourth-order valence-corrected chi connectivity index (χ4v) is 2.07. The molecule has 0 bridgehead atoms.